The van der Waals surface area contributed by atoms with E-state index in [9.17, 15) is 8.78 Å². The molecule has 0 saturated carbocycles. The van der Waals surface area contributed by atoms with Crippen LogP contribution < -0.4 is 10.6 Å². The Morgan fingerprint density at radius 1 is 0.950 bits per heavy atom. The van der Waals surface area contributed by atoms with E-state index in [0.717, 1.165) is 29.4 Å². The van der Waals surface area contributed by atoms with Crippen LogP contribution in [0.5, 0.6) is 0 Å². The average molecular weight is 292 g/mol. The number of benzene rings is 2. The SMILES string of the molecule is Cc1ccc(NC(=S)Nc2cc(F)ccc2F)cc1C. The Morgan fingerprint density at radius 2 is 1.70 bits per heavy atom. The van der Waals surface area contributed by atoms with E-state index >= 15 is 0 Å². The predicted octanol–water partition coefficient (Wildman–Crippen LogP) is 4.39. The Balaban J connectivity index is 2.09. The molecule has 0 spiro atoms. The standard InChI is InChI=1S/C15H14F2N2S/c1-9-3-5-12(7-10(9)2)18-15(20)19-14-8-11(16)4-6-13(14)17/h3-8H,1-2H3,(H2,18,19,20). The molecule has 2 nitrogen and oxygen atoms in total. The predicted molar refractivity (Wildman–Crippen MR) is 82.1 cm³/mol. The Morgan fingerprint density at radius 3 is 2.40 bits per heavy atom. The molecule has 104 valence electrons. The van der Waals surface area contributed by atoms with Gasteiger partial charge < -0.3 is 10.6 Å². The van der Waals surface area contributed by atoms with Gasteiger partial charge in [0.15, 0.2) is 5.11 Å². The van der Waals surface area contributed by atoms with Crippen LogP contribution in [0.4, 0.5) is 20.2 Å². The molecular formula is C15H14F2N2S. The summed E-state index contributed by atoms with van der Waals surface area (Å²) in [5.41, 5.74) is 3.09. The van der Waals surface area contributed by atoms with E-state index in [1.165, 1.54) is 5.56 Å². The number of thiocarbonyl (C=S) groups is 1. The molecule has 20 heavy (non-hydrogen) atoms. The first-order chi connectivity index (χ1) is 9.45. The van der Waals surface area contributed by atoms with Crippen LogP contribution in [0.3, 0.4) is 0 Å². The van der Waals surface area contributed by atoms with Crippen molar-refractivity contribution in [1.82, 2.24) is 0 Å². The summed E-state index contributed by atoms with van der Waals surface area (Å²) in [7, 11) is 0. The maximum absolute atomic E-state index is 13.5. The van der Waals surface area contributed by atoms with Gasteiger partial charge in [0, 0.05) is 11.8 Å². The minimum absolute atomic E-state index is 0.00586. The molecule has 2 N–H and O–H groups in total. The molecule has 0 unspecified atom stereocenters. The van der Waals surface area contributed by atoms with Crippen LogP contribution in [-0.4, -0.2) is 5.11 Å². The lowest BCUT2D eigenvalue weighted by Gasteiger charge is -2.12. The molecule has 0 amide bonds. The van der Waals surface area contributed by atoms with Gasteiger partial charge in [-0.05, 0) is 61.5 Å². The molecule has 0 aliphatic heterocycles. The number of halogens is 2. The highest BCUT2D eigenvalue weighted by atomic mass is 32.1. The maximum Gasteiger partial charge on any atom is 0.175 e. The monoisotopic (exact) mass is 292 g/mol. The Kier molecular flexibility index (Phi) is 4.29. The normalized spacial score (nSPS) is 10.2. The topological polar surface area (TPSA) is 24.1 Å². The Labute approximate surface area is 121 Å². The van der Waals surface area contributed by atoms with Crippen LogP contribution in [0.1, 0.15) is 11.1 Å². The van der Waals surface area contributed by atoms with E-state index < -0.39 is 11.6 Å². The van der Waals surface area contributed by atoms with E-state index in [1.807, 2.05) is 32.0 Å². The zero-order valence-electron chi connectivity index (χ0n) is 11.1. The van der Waals surface area contributed by atoms with E-state index in [2.05, 4.69) is 10.6 Å². The van der Waals surface area contributed by atoms with Gasteiger partial charge in [-0.25, -0.2) is 8.78 Å². The minimum Gasteiger partial charge on any atom is -0.332 e. The van der Waals surface area contributed by atoms with Crippen molar-refractivity contribution in [2.45, 2.75) is 13.8 Å². The molecule has 0 saturated heterocycles. The first kappa shape index (κ1) is 14.4. The van der Waals surface area contributed by atoms with Crippen LogP contribution in [-0.2, 0) is 0 Å². The van der Waals surface area contributed by atoms with Crippen molar-refractivity contribution in [1.29, 1.82) is 0 Å². The van der Waals surface area contributed by atoms with Crippen molar-refractivity contribution in [3.63, 3.8) is 0 Å². The second-order valence-electron chi connectivity index (χ2n) is 4.50. The van der Waals surface area contributed by atoms with Crippen molar-refractivity contribution >= 4 is 28.7 Å². The first-order valence-electron chi connectivity index (χ1n) is 6.06. The molecule has 0 aliphatic carbocycles. The molecule has 0 bridgehead atoms. The molecule has 0 fully saturated rings. The second-order valence-corrected chi connectivity index (χ2v) is 4.91. The van der Waals surface area contributed by atoms with Crippen LogP contribution in [0.25, 0.3) is 0 Å². The van der Waals surface area contributed by atoms with Gasteiger partial charge in [-0.3, -0.25) is 0 Å². The van der Waals surface area contributed by atoms with E-state index in [0.29, 0.717) is 0 Å². The zero-order chi connectivity index (χ0) is 14.7. The fourth-order valence-electron chi connectivity index (χ4n) is 1.70. The fourth-order valence-corrected chi connectivity index (χ4v) is 1.92. The summed E-state index contributed by atoms with van der Waals surface area (Å²) in [5.74, 6) is -1.08. The Bertz CT molecular complexity index is 656. The van der Waals surface area contributed by atoms with Gasteiger partial charge in [0.25, 0.3) is 0 Å². The largest absolute Gasteiger partial charge is 0.332 e. The molecule has 0 aliphatic rings. The van der Waals surface area contributed by atoms with Gasteiger partial charge >= 0.3 is 0 Å². The molecule has 0 atom stereocenters. The van der Waals surface area contributed by atoms with Gasteiger partial charge in [-0.1, -0.05) is 6.07 Å². The quantitative estimate of drug-likeness (QED) is 0.803. The van der Waals surface area contributed by atoms with Crippen molar-refractivity contribution in [3.8, 4) is 0 Å². The molecule has 5 heteroatoms. The summed E-state index contributed by atoms with van der Waals surface area (Å²) in [6.07, 6.45) is 0. The summed E-state index contributed by atoms with van der Waals surface area (Å²) in [6, 6.07) is 8.94. The van der Waals surface area contributed by atoms with Crippen LogP contribution in [0.15, 0.2) is 36.4 Å². The minimum atomic E-state index is -0.560. The summed E-state index contributed by atoms with van der Waals surface area (Å²) >= 11 is 5.09. The summed E-state index contributed by atoms with van der Waals surface area (Å²) in [5, 5.41) is 5.78. The highest BCUT2D eigenvalue weighted by Gasteiger charge is 2.06. The lowest BCUT2D eigenvalue weighted by atomic mass is 10.1. The third-order valence-electron chi connectivity index (χ3n) is 2.94. The van der Waals surface area contributed by atoms with Crippen molar-refractivity contribution in [3.05, 3.63) is 59.2 Å². The lowest BCUT2D eigenvalue weighted by molar-refractivity contribution is 0.604. The zero-order valence-corrected chi connectivity index (χ0v) is 11.9. The van der Waals surface area contributed by atoms with Gasteiger partial charge in [-0.2, -0.15) is 0 Å². The lowest BCUT2D eigenvalue weighted by Crippen LogP contribution is -2.20. The number of hydrogen-bond acceptors (Lipinski definition) is 1. The number of rotatable bonds is 2. The molecule has 0 aromatic heterocycles. The van der Waals surface area contributed by atoms with Gasteiger partial charge in [0.05, 0.1) is 5.69 Å². The summed E-state index contributed by atoms with van der Waals surface area (Å²) in [6.45, 7) is 4.00. The van der Waals surface area contributed by atoms with Crippen molar-refractivity contribution in [2.75, 3.05) is 10.6 Å². The first-order valence-corrected chi connectivity index (χ1v) is 6.47. The number of aryl methyl sites for hydroxylation is 2. The van der Waals surface area contributed by atoms with E-state index in [1.54, 1.807) is 0 Å². The maximum atomic E-state index is 13.5. The van der Waals surface area contributed by atoms with Gasteiger partial charge in [0.1, 0.15) is 11.6 Å². The number of nitrogens with one attached hydrogen (secondary N) is 2. The molecule has 2 aromatic rings. The molecule has 0 radical (unpaired) electrons. The number of hydrogen-bond donors (Lipinski definition) is 2. The van der Waals surface area contributed by atoms with Crippen LogP contribution in [0, 0.1) is 25.5 Å². The van der Waals surface area contributed by atoms with Gasteiger partial charge in [0.2, 0.25) is 0 Å². The summed E-state index contributed by atoms with van der Waals surface area (Å²) < 4.78 is 26.5. The second kappa shape index (κ2) is 5.96. The third kappa shape index (κ3) is 3.51. The Hall–Kier alpha value is -2.01. The van der Waals surface area contributed by atoms with Crippen molar-refractivity contribution in [2.24, 2.45) is 0 Å². The molecule has 0 heterocycles. The fraction of sp³-hybridized carbons (Fsp3) is 0.133. The highest BCUT2D eigenvalue weighted by Crippen LogP contribution is 2.17. The summed E-state index contributed by atoms with van der Waals surface area (Å²) in [4.78, 5) is 0. The third-order valence-corrected chi connectivity index (χ3v) is 3.15. The van der Waals surface area contributed by atoms with Crippen LogP contribution in [0.2, 0.25) is 0 Å². The van der Waals surface area contributed by atoms with E-state index in [4.69, 9.17) is 12.2 Å². The smallest absolute Gasteiger partial charge is 0.175 e. The van der Waals surface area contributed by atoms with E-state index in [-0.39, 0.29) is 10.8 Å². The number of anilines is 2. The van der Waals surface area contributed by atoms with Crippen LogP contribution >= 0.6 is 12.2 Å². The van der Waals surface area contributed by atoms with Gasteiger partial charge in [-0.15, -0.1) is 0 Å². The highest BCUT2D eigenvalue weighted by molar-refractivity contribution is 7.80. The average Bonchev–Trinajstić information content (AvgIpc) is 2.38. The molecule has 2 rings (SSSR count). The molecule has 2 aromatic carbocycles. The van der Waals surface area contributed by atoms with Crippen molar-refractivity contribution < 1.29 is 8.78 Å². The molecular weight excluding hydrogens is 278 g/mol.